The van der Waals surface area contributed by atoms with Gasteiger partial charge in [-0.25, -0.2) is 8.42 Å². The van der Waals surface area contributed by atoms with Gasteiger partial charge >= 0.3 is 0 Å². The number of rotatable bonds is 4. The quantitative estimate of drug-likeness (QED) is 0.913. The molecule has 23 heavy (non-hydrogen) atoms. The molecule has 1 atom stereocenters. The highest BCUT2D eigenvalue weighted by Gasteiger charge is 2.31. The van der Waals surface area contributed by atoms with Crippen molar-refractivity contribution in [3.05, 3.63) is 33.8 Å². The van der Waals surface area contributed by atoms with Crippen molar-refractivity contribution in [3.8, 4) is 0 Å². The maximum absolute atomic E-state index is 12.2. The molecule has 1 amide bonds. The number of sulfone groups is 1. The maximum atomic E-state index is 12.2. The van der Waals surface area contributed by atoms with Gasteiger partial charge in [-0.15, -0.1) is 11.3 Å². The number of anilines is 1. The van der Waals surface area contributed by atoms with Crippen molar-refractivity contribution < 1.29 is 13.2 Å². The lowest BCUT2D eigenvalue weighted by atomic mass is 10.2. The fourth-order valence-electron chi connectivity index (χ4n) is 2.92. The number of carbonyl (C=O) groups is 1. The van der Waals surface area contributed by atoms with Crippen LogP contribution < -0.4 is 5.32 Å². The Morgan fingerprint density at radius 2 is 2.26 bits per heavy atom. The van der Waals surface area contributed by atoms with Crippen molar-refractivity contribution in [3.63, 3.8) is 0 Å². The number of hydrogen-bond donors (Lipinski definition) is 1. The molecular weight excluding hydrogens is 334 g/mol. The summed E-state index contributed by atoms with van der Waals surface area (Å²) in [5.41, 5.74) is 2.21. The lowest BCUT2D eigenvalue weighted by Gasteiger charge is -2.11. The molecule has 1 N–H and O–H groups in total. The van der Waals surface area contributed by atoms with Crippen molar-refractivity contribution >= 4 is 32.8 Å². The first-order chi connectivity index (χ1) is 10.9. The van der Waals surface area contributed by atoms with E-state index < -0.39 is 9.84 Å². The minimum absolute atomic E-state index is 0.0859. The van der Waals surface area contributed by atoms with Crippen molar-refractivity contribution in [2.75, 3.05) is 16.8 Å². The summed E-state index contributed by atoms with van der Waals surface area (Å²) in [6, 6.07) is 3.71. The number of thiophene rings is 1. The number of amides is 1. The molecule has 3 heterocycles. The molecule has 0 bridgehead atoms. The van der Waals surface area contributed by atoms with Crippen molar-refractivity contribution in [2.45, 2.75) is 32.7 Å². The van der Waals surface area contributed by atoms with Crippen molar-refractivity contribution in [1.82, 2.24) is 9.78 Å². The van der Waals surface area contributed by atoms with Gasteiger partial charge in [0.1, 0.15) is 0 Å². The third kappa shape index (κ3) is 3.48. The molecule has 0 aromatic carbocycles. The average molecular weight is 353 g/mol. The number of nitrogens with zero attached hydrogens (tertiary/aromatic N) is 2. The first-order valence-electron chi connectivity index (χ1n) is 7.44. The summed E-state index contributed by atoms with van der Waals surface area (Å²) in [5.74, 6) is 0.241. The van der Waals surface area contributed by atoms with E-state index in [9.17, 15) is 13.2 Å². The molecule has 2 aromatic rings. The Kier molecular flexibility index (Phi) is 4.29. The fraction of sp³-hybridized carbons (Fsp3) is 0.467. The SMILES string of the molecule is Cc1nn(C2CCS(=O)(=O)C2)c(C)c1NC(=O)Cc1cccs1. The van der Waals surface area contributed by atoms with Gasteiger partial charge in [-0.2, -0.15) is 5.10 Å². The average Bonchev–Trinajstić information content (AvgIpc) is 3.15. The van der Waals surface area contributed by atoms with Gasteiger partial charge < -0.3 is 5.32 Å². The van der Waals surface area contributed by atoms with Gasteiger partial charge in [0.2, 0.25) is 5.91 Å². The third-order valence-electron chi connectivity index (χ3n) is 4.06. The predicted octanol–water partition coefficient (Wildman–Crippen LogP) is 2.10. The van der Waals surface area contributed by atoms with E-state index in [-0.39, 0.29) is 23.5 Å². The minimum Gasteiger partial charge on any atom is -0.323 e. The van der Waals surface area contributed by atoms with Gasteiger partial charge in [-0.05, 0) is 31.7 Å². The Hall–Kier alpha value is -1.67. The zero-order chi connectivity index (χ0) is 16.6. The van der Waals surface area contributed by atoms with Crippen molar-refractivity contribution in [2.24, 2.45) is 0 Å². The molecule has 124 valence electrons. The molecular formula is C15H19N3O3S2. The minimum atomic E-state index is -2.97. The molecule has 0 aliphatic carbocycles. The molecule has 8 heteroatoms. The molecule has 1 aliphatic heterocycles. The van der Waals surface area contributed by atoms with Crippen molar-refractivity contribution in [1.29, 1.82) is 0 Å². The molecule has 1 aliphatic rings. The van der Waals surface area contributed by atoms with Gasteiger partial charge in [-0.1, -0.05) is 6.07 Å². The third-order valence-corrected chi connectivity index (χ3v) is 6.69. The van der Waals surface area contributed by atoms with Gasteiger partial charge in [0, 0.05) is 4.88 Å². The van der Waals surface area contributed by atoms with E-state index in [2.05, 4.69) is 10.4 Å². The summed E-state index contributed by atoms with van der Waals surface area (Å²) < 4.78 is 25.1. The smallest absolute Gasteiger partial charge is 0.229 e. The molecule has 2 aromatic heterocycles. The van der Waals surface area contributed by atoms with Crippen LogP contribution in [-0.4, -0.2) is 35.6 Å². The van der Waals surface area contributed by atoms with E-state index >= 15 is 0 Å². The first-order valence-corrected chi connectivity index (χ1v) is 10.1. The van der Waals surface area contributed by atoms with Crippen LogP contribution in [0, 0.1) is 13.8 Å². The number of aromatic nitrogens is 2. The van der Waals surface area contributed by atoms with Gasteiger partial charge in [0.15, 0.2) is 9.84 Å². The second kappa shape index (κ2) is 6.09. The summed E-state index contributed by atoms with van der Waals surface area (Å²) >= 11 is 1.55. The lowest BCUT2D eigenvalue weighted by Crippen LogP contribution is -2.16. The van der Waals surface area contributed by atoms with Crippen LogP contribution in [0.15, 0.2) is 17.5 Å². The van der Waals surface area contributed by atoms with Crippen LogP contribution in [0.3, 0.4) is 0 Å². The molecule has 1 fully saturated rings. The van der Waals surface area contributed by atoms with E-state index in [1.165, 1.54) is 0 Å². The largest absolute Gasteiger partial charge is 0.323 e. The maximum Gasteiger partial charge on any atom is 0.229 e. The van der Waals surface area contributed by atoms with Crippen LogP contribution in [-0.2, 0) is 21.1 Å². The topological polar surface area (TPSA) is 81.1 Å². The molecule has 0 radical (unpaired) electrons. The van der Waals surface area contributed by atoms with Crippen LogP contribution in [0.5, 0.6) is 0 Å². The number of carbonyl (C=O) groups excluding carboxylic acids is 1. The van der Waals surface area contributed by atoms with E-state index in [0.717, 1.165) is 10.6 Å². The van der Waals surface area contributed by atoms with Crippen LogP contribution in [0.4, 0.5) is 5.69 Å². The highest BCUT2D eigenvalue weighted by molar-refractivity contribution is 7.91. The summed E-state index contributed by atoms with van der Waals surface area (Å²) in [7, 11) is -2.97. The molecule has 3 rings (SSSR count). The summed E-state index contributed by atoms with van der Waals surface area (Å²) in [5, 5.41) is 9.31. The van der Waals surface area contributed by atoms with Gasteiger partial charge in [-0.3, -0.25) is 9.48 Å². The fourth-order valence-corrected chi connectivity index (χ4v) is 5.32. The Balaban J connectivity index is 1.77. The summed E-state index contributed by atoms with van der Waals surface area (Å²) in [6.07, 6.45) is 0.909. The number of hydrogen-bond acceptors (Lipinski definition) is 5. The monoisotopic (exact) mass is 353 g/mol. The Bertz CT molecular complexity index is 823. The summed E-state index contributed by atoms with van der Waals surface area (Å²) in [6.45, 7) is 3.69. The molecule has 1 unspecified atom stereocenters. The van der Waals surface area contributed by atoms with Gasteiger partial charge in [0.25, 0.3) is 0 Å². The first kappa shape index (κ1) is 16.2. The summed E-state index contributed by atoms with van der Waals surface area (Å²) in [4.78, 5) is 13.2. The molecule has 0 spiro atoms. The zero-order valence-electron chi connectivity index (χ0n) is 13.1. The van der Waals surface area contributed by atoms with Crippen LogP contribution in [0.1, 0.15) is 28.7 Å². The number of nitrogens with one attached hydrogen (secondary N) is 1. The molecule has 6 nitrogen and oxygen atoms in total. The normalized spacial score (nSPS) is 19.8. The zero-order valence-corrected chi connectivity index (χ0v) is 14.7. The highest BCUT2D eigenvalue weighted by atomic mass is 32.2. The molecule has 1 saturated heterocycles. The lowest BCUT2D eigenvalue weighted by molar-refractivity contribution is -0.115. The van der Waals surface area contributed by atoms with Crippen LogP contribution in [0.2, 0.25) is 0 Å². The van der Waals surface area contributed by atoms with E-state index in [1.807, 2.05) is 31.4 Å². The molecule has 0 saturated carbocycles. The van der Waals surface area contributed by atoms with Crippen LogP contribution >= 0.6 is 11.3 Å². The van der Waals surface area contributed by atoms with Gasteiger partial charge in [0.05, 0.1) is 41.0 Å². The van der Waals surface area contributed by atoms with E-state index in [0.29, 0.717) is 24.2 Å². The van der Waals surface area contributed by atoms with Crippen LogP contribution in [0.25, 0.3) is 0 Å². The Morgan fingerprint density at radius 1 is 1.48 bits per heavy atom. The van der Waals surface area contributed by atoms with E-state index in [1.54, 1.807) is 16.0 Å². The Morgan fingerprint density at radius 3 is 2.87 bits per heavy atom. The second-order valence-electron chi connectivity index (χ2n) is 5.85. The Labute approximate surface area is 139 Å². The standard InChI is InChI=1S/C15H19N3O3S2/c1-10-15(16-14(19)8-13-4-3-6-22-13)11(2)18(17-10)12-5-7-23(20,21)9-12/h3-4,6,12H,5,7-9H2,1-2H3,(H,16,19). The predicted molar refractivity (Wildman–Crippen MR) is 90.7 cm³/mol. The second-order valence-corrected chi connectivity index (χ2v) is 9.11. The highest BCUT2D eigenvalue weighted by Crippen LogP contribution is 2.29. The number of aryl methyl sites for hydroxylation is 1. The van der Waals surface area contributed by atoms with E-state index in [4.69, 9.17) is 0 Å².